The molecule has 1 aliphatic carbocycles. The third-order valence-corrected chi connectivity index (χ3v) is 5.31. The van der Waals surface area contributed by atoms with E-state index in [2.05, 4.69) is 10.4 Å². The van der Waals surface area contributed by atoms with Gasteiger partial charge in [0.15, 0.2) is 0 Å². The summed E-state index contributed by atoms with van der Waals surface area (Å²) >= 11 is 0. The summed E-state index contributed by atoms with van der Waals surface area (Å²) in [4.78, 5) is 12.7. The Kier molecular flexibility index (Phi) is 6.11. The van der Waals surface area contributed by atoms with Gasteiger partial charge in [-0.3, -0.25) is 9.48 Å². The molecule has 1 amide bonds. The number of rotatable bonds is 6. The highest BCUT2D eigenvalue weighted by Crippen LogP contribution is 2.50. The van der Waals surface area contributed by atoms with Crippen LogP contribution in [0.25, 0.3) is 0 Å². The summed E-state index contributed by atoms with van der Waals surface area (Å²) in [5.41, 5.74) is 6.86. The maximum Gasteiger partial charge on any atom is 0.245 e. The molecule has 2 unspecified atom stereocenters. The molecule has 1 fully saturated rings. The number of benzene rings is 1. The molecule has 2 aromatic rings. The molecule has 2 atom stereocenters. The summed E-state index contributed by atoms with van der Waals surface area (Å²) in [7, 11) is 0. The Morgan fingerprint density at radius 1 is 1.38 bits per heavy atom. The first-order chi connectivity index (χ1) is 11.9. The van der Waals surface area contributed by atoms with E-state index < -0.39 is 11.0 Å². The minimum atomic E-state index is -0.936. The standard InChI is InChI=1S/C19H26N4O2.ClH/c1-4-25-16-10-19(20,18(16,2)3)17(24)22-15-11-21-23(13-15)12-14-8-6-5-7-9-14;/h5-9,11,13,16H,4,10,12,20H2,1-3H3,(H,22,24);1H. The zero-order valence-electron chi connectivity index (χ0n) is 15.4. The van der Waals surface area contributed by atoms with Crippen LogP contribution in [0.2, 0.25) is 0 Å². The van der Waals surface area contributed by atoms with Crippen LogP contribution >= 0.6 is 12.4 Å². The first kappa shape index (κ1) is 20.4. The molecule has 0 aliphatic heterocycles. The molecule has 0 radical (unpaired) electrons. The summed E-state index contributed by atoms with van der Waals surface area (Å²) in [6, 6.07) is 10.0. The number of ether oxygens (including phenoxy) is 1. The third kappa shape index (κ3) is 3.63. The Labute approximate surface area is 160 Å². The summed E-state index contributed by atoms with van der Waals surface area (Å²) in [6.07, 6.45) is 4.00. The first-order valence-electron chi connectivity index (χ1n) is 8.65. The highest BCUT2D eigenvalue weighted by molar-refractivity contribution is 5.99. The van der Waals surface area contributed by atoms with Crippen molar-refractivity contribution < 1.29 is 9.53 Å². The van der Waals surface area contributed by atoms with Crippen molar-refractivity contribution in [3.8, 4) is 0 Å². The number of anilines is 1. The van der Waals surface area contributed by atoms with Crippen molar-refractivity contribution in [2.45, 2.75) is 45.4 Å². The molecule has 6 nitrogen and oxygen atoms in total. The molecule has 0 bridgehead atoms. The van der Waals surface area contributed by atoms with E-state index in [1.54, 1.807) is 10.9 Å². The molecule has 3 N–H and O–H groups in total. The van der Waals surface area contributed by atoms with Crippen LogP contribution < -0.4 is 11.1 Å². The number of nitrogens with one attached hydrogen (secondary N) is 1. The Morgan fingerprint density at radius 3 is 2.69 bits per heavy atom. The number of nitrogens with two attached hydrogens (primary N) is 1. The van der Waals surface area contributed by atoms with Gasteiger partial charge in [-0.15, -0.1) is 12.4 Å². The van der Waals surface area contributed by atoms with Gasteiger partial charge in [0.2, 0.25) is 5.91 Å². The Bertz CT molecular complexity index is 747. The van der Waals surface area contributed by atoms with Crippen LogP contribution in [0, 0.1) is 5.41 Å². The monoisotopic (exact) mass is 378 g/mol. The van der Waals surface area contributed by atoms with E-state index in [9.17, 15) is 4.79 Å². The number of hydrogen-bond donors (Lipinski definition) is 2. The van der Waals surface area contributed by atoms with Crippen LogP contribution in [0.5, 0.6) is 0 Å². The van der Waals surface area contributed by atoms with Crippen LogP contribution in [0.4, 0.5) is 5.69 Å². The van der Waals surface area contributed by atoms with Gasteiger partial charge in [-0.05, 0) is 12.5 Å². The van der Waals surface area contributed by atoms with Gasteiger partial charge < -0.3 is 15.8 Å². The van der Waals surface area contributed by atoms with Crippen molar-refractivity contribution in [3.63, 3.8) is 0 Å². The zero-order valence-corrected chi connectivity index (χ0v) is 16.3. The van der Waals surface area contributed by atoms with E-state index in [0.717, 1.165) is 5.56 Å². The quantitative estimate of drug-likeness (QED) is 0.809. The van der Waals surface area contributed by atoms with E-state index >= 15 is 0 Å². The molecular weight excluding hydrogens is 352 g/mol. The fourth-order valence-corrected chi connectivity index (χ4v) is 3.35. The van der Waals surface area contributed by atoms with E-state index in [-0.39, 0.29) is 24.4 Å². The van der Waals surface area contributed by atoms with Crippen molar-refractivity contribution in [3.05, 3.63) is 48.3 Å². The lowest BCUT2D eigenvalue weighted by atomic mass is 9.54. The molecular formula is C19H27ClN4O2. The van der Waals surface area contributed by atoms with Crippen LogP contribution in [-0.4, -0.2) is 33.9 Å². The second-order valence-corrected chi connectivity index (χ2v) is 7.21. The lowest BCUT2D eigenvalue weighted by Gasteiger charge is -2.57. The SMILES string of the molecule is CCOC1CC(N)(C(=O)Nc2cnn(Cc3ccccc3)c2)C1(C)C.Cl. The predicted octanol–water partition coefficient (Wildman–Crippen LogP) is 2.82. The Morgan fingerprint density at radius 2 is 2.08 bits per heavy atom. The van der Waals surface area contributed by atoms with Crippen LogP contribution in [0.1, 0.15) is 32.8 Å². The second-order valence-electron chi connectivity index (χ2n) is 7.21. The topological polar surface area (TPSA) is 82.2 Å². The summed E-state index contributed by atoms with van der Waals surface area (Å²) in [5.74, 6) is -0.187. The van der Waals surface area contributed by atoms with Crippen LogP contribution in [-0.2, 0) is 16.1 Å². The highest BCUT2D eigenvalue weighted by atomic mass is 35.5. The zero-order chi connectivity index (χ0) is 18.1. The lowest BCUT2D eigenvalue weighted by molar-refractivity contribution is -0.166. The normalized spacial score (nSPS) is 23.6. The maximum absolute atomic E-state index is 12.7. The second kappa shape index (κ2) is 7.78. The molecule has 3 rings (SSSR count). The van der Waals surface area contributed by atoms with Gasteiger partial charge in [-0.25, -0.2) is 0 Å². The maximum atomic E-state index is 12.7. The van der Waals surface area contributed by atoms with Gasteiger partial charge in [0.05, 0.1) is 24.5 Å². The van der Waals surface area contributed by atoms with Crippen LogP contribution in [0.3, 0.4) is 0 Å². The molecule has 142 valence electrons. The predicted molar refractivity (Wildman–Crippen MR) is 104 cm³/mol. The van der Waals surface area contributed by atoms with E-state index in [1.807, 2.05) is 57.3 Å². The van der Waals surface area contributed by atoms with Crippen molar-refractivity contribution in [2.24, 2.45) is 11.1 Å². The van der Waals surface area contributed by atoms with Gasteiger partial charge in [-0.2, -0.15) is 5.10 Å². The number of amides is 1. The van der Waals surface area contributed by atoms with Crippen molar-refractivity contribution in [2.75, 3.05) is 11.9 Å². The number of nitrogens with zero attached hydrogens (tertiary/aromatic N) is 2. The summed E-state index contributed by atoms with van der Waals surface area (Å²) in [6.45, 7) is 7.19. The average Bonchev–Trinajstić information content (AvgIpc) is 3.02. The minimum Gasteiger partial charge on any atom is -0.378 e. The number of aromatic nitrogens is 2. The largest absolute Gasteiger partial charge is 0.378 e. The van der Waals surface area contributed by atoms with Crippen molar-refractivity contribution >= 4 is 24.0 Å². The molecule has 7 heteroatoms. The first-order valence-corrected chi connectivity index (χ1v) is 8.65. The molecule has 1 heterocycles. The Balaban J connectivity index is 0.00000243. The Hall–Kier alpha value is -1.89. The van der Waals surface area contributed by atoms with Gasteiger partial charge in [0, 0.05) is 24.6 Å². The van der Waals surface area contributed by atoms with Crippen LogP contribution in [0.15, 0.2) is 42.7 Å². The average molecular weight is 379 g/mol. The third-order valence-electron chi connectivity index (χ3n) is 5.31. The molecule has 1 aromatic heterocycles. The highest BCUT2D eigenvalue weighted by Gasteiger charge is 2.62. The lowest BCUT2D eigenvalue weighted by Crippen LogP contribution is -2.74. The number of carbonyl (C=O) groups excluding carboxylic acids is 1. The molecule has 1 aliphatic rings. The van der Waals surface area contributed by atoms with Gasteiger partial charge in [0.1, 0.15) is 5.54 Å². The molecule has 26 heavy (non-hydrogen) atoms. The fraction of sp³-hybridized carbons (Fsp3) is 0.474. The van der Waals surface area contributed by atoms with Gasteiger partial charge in [0.25, 0.3) is 0 Å². The van der Waals surface area contributed by atoms with E-state index in [0.29, 0.717) is 25.3 Å². The van der Waals surface area contributed by atoms with Gasteiger partial charge in [-0.1, -0.05) is 44.2 Å². The van der Waals surface area contributed by atoms with E-state index in [1.165, 1.54) is 0 Å². The molecule has 0 spiro atoms. The summed E-state index contributed by atoms with van der Waals surface area (Å²) < 4.78 is 7.48. The van der Waals surface area contributed by atoms with E-state index in [4.69, 9.17) is 10.5 Å². The van der Waals surface area contributed by atoms with Crippen molar-refractivity contribution in [1.29, 1.82) is 0 Å². The number of carbonyl (C=O) groups is 1. The minimum absolute atomic E-state index is 0. The van der Waals surface area contributed by atoms with Crippen molar-refractivity contribution in [1.82, 2.24) is 9.78 Å². The smallest absolute Gasteiger partial charge is 0.245 e. The molecule has 1 aromatic carbocycles. The van der Waals surface area contributed by atoms with Gasteiger partial charge >= 0.3 is 0 Å². The number of hydrogen-bond acceptors (Lipinski definition) is 4. The molecule has 0 saturated heterocycles. The number of halogens is 1. The molecule has 1 saturated carbocycles. The fourth-order valence-electron chi connectivity index (χ4n) is 3.35. The summed E-state index contributed by atoms with van der Waals surface area (Å²) in [5, 5.41) is 7.21.